The minimum absolute atomic E-state index is 0.0476. The summed E-state index contributed by atoms with van der Waals surface area (Å²) in [5.41, 5.74) is 13.7. The largest absolute Gasteiger partial charge is 0.493 e. The van der Waals surface area contributed by atoms with Crippen LogP contribution in [0.25, 0.3) is 0 Å². The first kappa shape index (κ1) is 30.1. The highest BCUT2D eigenvalue weighted by atomic mass is 16.5. The van der Waals surface area contributed by atoms with Gasteiger partial charge in [-0.25, -0.2) is 0 Å². The fraction of sp³-hybridized carbons (Fsp3) is 0.333. The number of hydrazine groups is 1. The van der Waals surface area contributed by atoms with Crippen LogP contribution in [0.4, 0.5) is 5.69 Å². The molecule has 2 aromatic carbocycles. The SMILES string of the molecule is CCc1cc(OCC(C)(C)CN(C)C)cc(C(Nc2ccc(C(=N)N)cc2)C(=O)NNC(=O)c2cccnc2)c1. The van der Waals surface area contributed by atoms with E-state index in [1.54, 1.807) is 42.6 Å². The molecular weight excluding hydrogens is 506 g/mol. The van der Waals surface area contributed by atoms with Crippen molar-refractivity contribution in [2.45, 2.75) is 33.2 Å². The molecular formula is C30H39N7O3. The van der Waals surface area contributed by atoms with Crippen LogP contribution >= 0.6 is 0 Å². The molecule has 0 aliphatic heterocycles. The Kier molecular flexibility index (Phi) is 10.2. The number of nitrogens with zero attached hydrogens (tertiary/aromatic N) is 2. The molecule has 1 aromatic heterocycles. The molecule has 0 fully saturated rings. The van der Waals surface area contributed by atoms with Crippen LogP contribution in [0.2, 0.25) is 0 Å². The molecule has 0 bridgehead atoms. The summed E-state index contributed by atoms with van der Waals surface area (Å²) in [6, 6.07) is 15.0. The lowest BCUT2D eigenvalue weighted by atomic mass is 9.94. The van der Waals surface area contributed by atoms with Crippen LogP contribution in [0.3, 0.4) is 0 Å². The number of carbonyl (C=O) groups is 2. The molecule has 0 radical (unpaired) electrons. The average Bonchev–Trinajstić information content (AvgIpc) is 2.93. The van der Waals surface area contributed by atoms with Gasteiger partial charge < -0.3 is 20.7 Å². The summed E-state index contributed by atoms with van der Waals surface area (Å²) in [6.07, 6.45) is 3.72. The van der Waals surface area contributed by atoms with Crippen molar-refractivity contribution in [2.24, 2.45) is 11.1 Å². The van der Waals surface area contributed by atoms with Gasteiger partial charge in [0, 0.05) is 35.6 Å². The quantitative estimate of drug-likeness (QED) is 0.133. The second-order valence-corrected chi connectivity index (χ2v) is 10.7. The van der Waals surface area contributed by atoms with Crippen LogP contribution in [-0.2, 0) is 11.2 Å². The van der Waals surface area contributed by atoms with E-state index >= 15 is 0 Å². The summed E-state index contributed by atoms with van der Waals surface area (Å²) >= 11 is 0. The Morgan fingerprint density at radius 1 is 1.07 bits per heavy atom. The van der Waals surface area contributed by atoms with Gasteiger partial charge in [-0.3, -0.25) is 30.8 Å². The third-order valence-electron chi connectivity index (χ3n) is 6.10. The molecule has 212 valence electrons. The maximum atomic E-state index is 13.5. The number of nitrogens with two attached hydrogens (primary N) is 1. The Morgan fingerprint density at radius 3 is 2.40 bits per heavy atom. The Hall–Kier alpha value is -4.44. The standard InChI is InChI=1S/C30H39N7O3/c1-6-20-14-23(16-25(15-20)40-19-30(2,3)18-37(4)5)26(34-24-11-9-21(10-12-24)27(31)32)29(39)36-35-28(38)22-8-7-13-33-17-22/h7-17,26,34H,6,18-19H2,1-5H3,(H3,31,32)(H,35,38)(H,36,39). The first-order valence-electron chi connectivity index (χ1n) is 13.1. The van der Waals surface area contributed by atoms with Gasteiger partial charge in [-0.2, -0.15) is 0 Å². The zero-order valence-electron chi connectivity index (χ0n) is 23.7. The first-order valence-corrected chi connectivity index (χ1v) is 13.1. The van der Waals surface area contributed by atoms with Crippen molar-refractivity contribution in [3.8, 4) is 5.75 Å². The van der Waals surface area contributed by atoms with E-state index in [1.807, 2.05) is 39.2 Å². The number of nitrogens with one attached hydrogen (secondary N) is 4. The predicted octanol–water partition coefficient (Wildman–Crippen LogP) is 3.51. The van der Waals surface area contributed by atoms with Gasteiger partial charge in [-0.1, -0.05) is 26.8 Å². The van der Waals surface area contributed by atoms with Crippen LogP contribution in [0.1, 0.15) is 53.9 Å². The molecule has 0 spiro atoms. The Labute approximate surface area is 235 Å². The average molecular weight is 546 g/mol. The van der Waals surface area contributed by atoms with E-state index in [-0.39, 0.29) is 11.3 Å². The number of nitrogen functional groups attached to an aromatic ring is 1. The lowest BCUT2D eigenvalue weighted by Crippen LogP contribution is -2.45. The molecule has 1 unspecified atom stereocenters. The minimum Gasteiger partial charge on any atom is -0.493 e. The van der Waals surface area contributed by atoms with Crippen LogP contribution in [-0.4, -0.2) is 54.8 Å². The highest BCUT2D eigenvalue weighted by molar-refractivity contribution is 5.96. The number of ether oxygens (including phenoxy) is 1. The summed E-state index contributed by atoms with van der Waals surface area (Å²) < 4.78 is 6.23. The summed E-state index contributed by atoms with van der Waals surface area (Å²) in [4.78, 5) is 32.1. The molecule has 1 heterocycles. The highest BCUT2D eigenvalue weighted by Crippen LogP contribution is 2.28. The number of aryl methyl sites for hydroxylation is 1. The van der Waals surface area contributed by atoms with E-state index in [2.05, 4.69) is 39.9 Å². The summed E-state index contributed by atoms with van der Waals surface area (Å²) in [7, 11) is 4.06. The van der Waals surface area contributed by atoms with Crippen molar-refractivity contribution in [3.05, 3.63) is 89.2 Å². The molecule has 0 saturated heterocycles. The van der Waals surface area contributed by atoms with Gasteiger partial charge in [-0.15, -0.1) is 0 Å². The number of hydrogen-bond acceptors (Lipinski definition) is 7. The Morgan fingerprint density at radius 2 is 1.80 bits per heavy atom. The number of anilines is 1. The fourth-order valence-corrected chi connectivity index (χ4v) is 4.29. The zero-order chi connectivity index (χ0) is 29.3. The summed E-state index contributed by atoms with van der Waals surface area (Å²) in [5, 5.41) is 10.9. The minimum atomic E-state index is -0.874. The third kappa shape index (κ3) is 8.81. The van der Waals surface area contributed by atoms with Crippen LogP contribution in [0.5, 0.6) is 5.75 Å². The van der Waals surface area contributed by atoms with Crippen molar-refractivity contribution < 1.29 is 14.3 Å². The van der Waals surface area contributed by atoms with E-state index in [4.69, 9.17) is 15.9 Å². The maximum Gasteiger partial charge on any atom is 0.271 e. The number of rotatable bonds is 12. The molecule has 3 aromatic rings. The highest BCUT2D eigenvalue weighted by Gasteiger charge is 2.24. The number of benzene rings is 2. The van der Waals surface area contributed by atoms with Crippen molar-refractivity contribution in [1.82, 2.24) is 20.7 Å². The number of hydrogen-bond donors (Lipinski definition) is 5. The van der Waals surface area contributed by atoms with Crippen LogP contribution < -0.4 is 26.6 Å². The molecule has 1 atom stereocenters. The second-order valence-electron chi connectivity index (χ2n) is 10.7. The van der Waals surface area contributed by atoms with E-state index in [9.17, 15) is 9.59 Å². The molecule has 40 heavy (non-hydrogen) atoms. The Bertz CT molecular complexity index is 1310. The van der Waals surface area contributed by atoms with E-state index in [1.165, 1.54) is 6.20 Å². The van der Waals surface area contributed by atoms with Crippen molar-refractivity contribution in [3.63, 3.8) is 0 Å². The molecule has 6 N–H and O–H groups in total. The smallest absolute Gasteiger partial charge is 0.271 e. The molecule has 0 aliphatic rings. The Balaban J connectivity index is 1.89. The van der Waals surface area contributed by atoms with Crippen molar-refractivity contribution in [1.29, 1.82) is 5.41 Å². The summed E-state index contributed by atoms with van der Waals surface area (Å²) in [6.45, 7) is 7.68. The van der Waals surface area contributed by atoms with Gasteiger partial charge in [0.15, 0.2) is 0 Å². The number of aromatic nitrogens is 1. The van der Waals surface area contributed by atoms with Gasteiger partial charge in [0.05, 0.1) is 12.2 Å². The van der Waals surface area contributed by atoms with E-state index in [0.29, 0.717) is 34.7 Å². The van der Waals surface area contributed by atoms with Gasteiger partial charge >= 0.3 is 0 Å². The number of carbonyl (C=O) groups excluding carboxylic acids is 2. The number of amidine groups is 1. The third-order valence-corrected chi connectivity index (χ3v) is 6.10. The fourth-order valence-electron chi connectivity index (χ4n) is 4.29. The maximum absolute atomic E-state index is 13.5. The first-order chi connectivity index (χ1) is 19.0. The topological polar surface area (TPSA) is 145 Å². The van der Waals surface area contributed by atoms with E-state index < -0.39 is 17.9 Å². The van der Waals surface area contributed by atoms with E-state index in [0.717, 1.165) is 18.5 Å². The molecule has 2 amide bonds. The molecule has 10 nitrogen and oxygen atoms in total. The van der Waals surface area contributed by atoms with Gasteiger partial charge in [-0.05, 0) is 80.2 Å². The number of pyridine rings is 1. The molecule has 10 heteroatoms. The van der Waals surface area contributed by atoms with Crippen molar-refractivity contribution in [2.75, 3.05) is 32.6 Å². The zero-order valence-corrected chi connectivity index (χ0v) is 23.7. The molecule has 0 saturated carbocycles. The van der Waals surface area contributed by atoms with Crippen molar-refractivity contribution >= 4 is 23.3 Å². The summed E-state index contributed by atoms with van der Waals surface area (Å²) in [5.74, 6) is -0.346. The van der Waals surface area contributed by atoms with Gasteiger partial charge in [0.2, 0.25) is 0 Å². The predicted molar refractivity (Wildman–Crippen MR) is 157 cm³/mol. The lowest BCUT2D eigenvalue weighted by Gasteiger charge is -2.28. The molecule has 3 rings (SSSR count). The van der Waals surface area contributed by atoms with Gasteiger partial charge in [0.25, 0.3) is 11.8 Å². The lowest BCUT2D eigenvalue weighted by molar-refractivity contribution is -0.122. The molecule has 0 aliphatic carbocycles. The normalized spacial score (nSPS) is 11.9. The monoisotopic (exact) mass is 545 g/mol. The van der Waals surface area contributed by atoms with Gasteiger partial charge in [0.1, 0.15) is 17.6 Å². The second kappa shape index (κ2) is 13.6. The number of amides is 2. The van der Waals surface area contributed by atoms with Crippen LogP contribution in [0.15, 0.2) is 67.0 Å². The van der Waals surface area contributed by atoms with Crippen LogP contribution in [0, 0.1) is 10.8 Å².